The van der Waals surface area contributed by atoms with Crippen LogP contribution in [0.2, 0.25) is 0 Å². The predicted molar refractivity (Wildman–Crippen MR) is 288 cm³/mol. The van der Waals surface area contributed by atoms with Gasteiger partial charge in [0.05, 0.1) is 34.2 Å². The van der Waals surface area contributed by atoms with Crippen molar-refractivity contribution in [2.75, 3.05) is 0 Å². The Kier molecular flexibility index (Phi) is 16.3. The van der Waals surface area contributed by atoms with Gasteiger partial charge in [-0.25, -0.2) is 4.98 Å². The fraction of sp³-hybridized carbons (Fsp3) is 0.328. The third-order valence-electron chi connectivity index (χ3n) is 12.7. The van der Waals surface area contributed by atoms with E-state index in [9.17, 15) is 0 Å². The van der Waals surface area contributed by atoms with Crippen LogP contribution in [0.5, 0.6) is 0 Å². The summed E-state index contributed by atoms with van der Waals surface area (Å²) in [6, 6.07) is 49.0. The number of halogens is 2. The van der Waals surface area contributed by atoms with Gasteiger partial charge in [-0.2, -0.15) is 0 Å². The summed E-state index contributed by atoms with van der Waals surface area (Å²) in [5.41, 5.74) is 19.0. The number of benzene rings is 5. The van der Waals surface area contributed by atoms with Crippen LogP contribution < -0.4 is 0 Å². The minimum absolute atomic E-state index is 0.0625. The van der Waals surface area contributed by atoms with Gasteiger partial charge < -0.3 is 0 Å². The zero-order valence-corrected chi connectivity index (χ0v) is 44.7. The molecule has 350 valence electrons. The van der Waals surface area contributed by atoms with E-state index < -0.39 is 0 Å². The maximum absolute atomic E-state index is 5.55. The van der Waals surface area contributed by atoms with E-state index in [0.29, 0.717) is 0 Å². The summed E-state index contributed by atoms with van der Waals surface area (Å²) in [5.74, 6) is 0.0996. The number of aliphatic imine (C=N–C) groups is 2. The van der Waals surface area contributed by atoms with Crippen LogP contribution in [-0.4, -0.2) is 16.4 Å². The molecule has 0 bridgehead atoms. The summed E-state index contributed by atoms with van der Waals surface area (Å²) in [7, 11) is 9.53. The van der Waals surface area contributed by atoms with Crippen molar-refractivity contribution < 1.29 is 13.1 Å². The van der Waals surface area contributed by atoms with E-state index in [1.165, 1.54) is 33.4 Å². The molecule has 1 atom stereocenters. The molecule has 6 aromatic rings. The molecule has 0 amide bonds. The Morgan fingerprint density at radius 2 is 0.851 bits per heavy atom. The van der Waals surface area contributed by atoms with E-state index in [0.717, 1.165) is 68.4 Å². The Hall–Kier alpha value is -4.83. The zero-order chi connectivity index (χ0) is 48.9. The van der Waals surface area contributed by atoms with Crippen LogP contribution in [-0.2, 0) is 34.8 Å². The van der Waals surface area contributed by atoms with Crippen molar-refractivity contribution in [1.82, 2.24) is 4.98 Å². The topological polar surface area (TPSA) is 37.6 Å². The van der Waals surface area contributed by atoms with Gasteiger partial charge in [0.2, 0.25) is 0 Å². The van der Waals surface area contributed by atoms with Crippen LogP contribution in [0.3, 0.4) is 0 Å². The number of para-hydroxylation sites is 1. The summed E-state index contributed by atoms with van der Waals surface area (Å²) in [6.07, 6.45) is 5.46. The average molecular weight is 971 g/mol. The van der Waals surface area contributed by atoms with Gasteiger partial charge in [0, 0.05) is 22.6 Å². The van der Waals surface area contributed by atoms with Crippen LogP contribution in [0.4, 0.5) is 5.69 Å². The normalized spacial score (nSPS) is 15.1. The Labute approximate surface area is 417 Å². The second-order valence-electron chi connectivity index (χ2n) is 21.9. The van der Waals surface area contributed by atoms with E-state index in [2.05, 4.69) is 243 Å². The Morgan fingerprint density at radius 1 is 0.493 bits per heavy atom. The van der Waals surface area contributed by atoms with Gasteiger partial charge in [-0.05, 0) is 98.6 Å². The van der Waals surface area contributed by atoms with E-state index in [4.69, 9.17) is 35.2 Å². The third kappa shape index (κ3) is 12.8. The van der Waals surface area contributed by atoms with Gasteiger partial charge >= 0.3 is 33.3 Å². The molecule has 1 aromatic heterocycles. The average Bonchev–Trinajstić information content (AvgIpc) is 3.28. The fourth-order valence-corrected chi connectivity index (χ4v) is 8.48. The molecule has 0 N–H and O–H groups in total. The SMILES string of the molecule is CC(=NC1=C(c2ccc(C(C)(C)C)cc2)C=CCC1c1ccc(C(C)(C)C)cc1)c1cccc(C(C)=Nc2c(-c3ccc(C(C)(C)C)cc3)cccc2-c2ccc(C(C)(C)C)cc2)n1.[Cl][Fe][Cl]. The van der Waals surface area contributed by atoms with Crippen molar-refractivity contribution in [3.63, 3.8) is 0 Å². The maximum atomic E-state index is 5.55. The van der Waals surface area contributed by atoms with Gasteiger partial charge in [0.25, 0.3) is 0 Å². The molecular formula is C61H69Cl2FeN3. The second kappa shape index (κ2) is 21.2. The Balaban J connectivity index is 0.00000240. The molecule has 1 heterocycles. The molecule has 0 saturated heterocycles. The predicted octanol–water partition coefficient (Wildman–Crippen LogP) is 18.1. The van der Waals surface area contributed by atoms with Crippen molar-refractivity contribution in [2.24, 2.45) is 9.98 Å². The van der Waals surface area contributed by atoms with Crippen LogP contribution >= 0.6 is 20.2 Å². The summed E-state index contributed by atoms with van der Waals surface area (Å²) in [4.78, 5) is 16.3. The molecule has 0 aliphatic heterocycles. The van der Waals surface area contributed by atoms with E-state index in [1.807, 2.05) is 0 Å². The van der Waals surface area contributed by atoms with Gasteiger partial charge in [-0.1, -0.05) is 217 Å². The number of rotatable bonds is 8. The quantitative estimate of drug-likeness (QED) is 0.111. The van der Waals surface area contributed by atoms with Crippen molar-refractivity contribution in [1.29, 1.82) is 0 Å². The molecule has 1 unspecified atom stereocenters. The minimum atomic E-state index is 0.0625. The second-order valence-corrected chi connectivity index (χ2v) is 23.7. The molecule has 5 aromatic carbocycles. The van der Waals surface area contributed by atoms with Crippen molar-refractivity contribution in [3.05, 3.63) is 196 Å². The Bertz CT molecular complexity index is 2690. The first-order chi connectivity index (χ1) is 31.5. The molecule has 3 nitrogen and oxygen atoms in total. The van der Waals surface area contributed by atoms with Crippen molar-refractivity contribution in [3.8, 4) is 22.3 Å². The van der Waals surface area contributed by atoms with Crippen LogP contribution in [0.15, 0.2) is 161 Å². The molecule has 0 radical (unpaired) electrons. The van der Waals surface area contributed by atoms with E-state index in [-0.39, 0.29) is 40.7 Å². The summed E-state index contributed by atoms with van der Waals surface area (Å²) in [5, 5.41) is 0. The van der Waals surface area contributed by atoms with Crippen molar-refractivity contribution in [2.45, 2.75) is 131 Å². The zero-order valence-electron chi connectivity index (χ0n) is 42.1. The molecule has 6 heteroatoms. The number of allylic oxidation sites excluding steroid dienone is 4. The molecule has 1 aliphatic carbocycles. The third-order valence-corrected chi connectivity index (χ3v) is 12.7. The van der Waals surface area contributed by atoms with Gasteiger partial charge in [-0.15, -0.1) is 0 Å². The van der Waals surface area contributed by atoms with Gasteiger partial charge in [0.15, 0.2) is 0 Å². The molecule has 7 rings (SSSR count). The van der Waals surface area contributed by atoms with E-state index in [1.54, 1.807) is 0 Å². The molecule has 0 saturated carbocycles. The standard InChI is InChI=1S/C61H69N3.2ClH.Fe/c1-40(62-56-50(42-24-32-46(33-25-42)58(3,4)5)18-15-19-51(56)43-26-34-47(35-27-43)59(6,7)8)54-22-17-23-55(64-54)41(2)63-57-52(44-28-36-48(37-29-44)60(9,10)11)20-16-21-53(57)45-30-38-49(39-31-45)61(12,13)14;;;/h15-20,22-39,53H,21H2,1-14H3;2*1H;/q;;;+2/p-2. The number of hydrogen-bond donors (Lipinski definition) is 0. The first kappa shape index (κ1) is 51.6. The molecule has 67 heavy (non-hydrogen) atoms. The molecule has 0 fully saturated rings. The first-order valence-electron chi connectivity index (χ1n) is 23.4. The number of hydrogen-bond acceptors (Lipinski definition) is 3. The summed E-state index contributed by atoms with van der Waals surface area (Å²) >= 11 is 0.194. The molecular weight excluding hydrogens is 901 g/mol. The first-order valence-corrected chi connectivity index (χ1v) is 26.4. The van der Waals surface area contributed by atoms with E-state index >= 15 is 0 Å². The summed E-state index contributed by atoms with van der Waals surface area (Å²) in [6.45, 7) is 31.3. The van der Waals surface area contributed by atoms with Gasteiger partial charge in [0.1, 0.15) is 0 Å². The number of nitrogens with zero attached hydrogens (tertiary/aromatic N) is 3. The van der Waals surface area contributed by atoms with Crippen molar-refractivity contribution >= 4 is 42.9 Å². The van der Waals surface area contributed by atoms with Gasteiger partial charge in [-0.3, -0.25) is 9.98 Å². The fourth-order valence-electron chi connectivity index (χ4n) is 8.48. The van der Waals surface area contributed by atoms with Crippen LogP contribution in [0.1, 0.15) is 154 Å². The summed E-state index contributed by atoms with van der Waals surface area (Å²) < 4.78 is 0. The number of aromatic nitrogens is 1. The molecule has 1 aliphatic rings. The van der Waals surface area contributed by atoms with Crippen LogP contribution in [0, 0.1) is 0 Å². The monoisotopic (exact) mass is 969 g/mol. The number of pyridine rings is 1. The molecule has 0 spiro atoms. The Morgan fingerprint density at radius 3 is 1.25 bits per heavy atom. The van der Waals surface area contributed by atoms with Crippen LogP contribution in [0.25, 0.3) is 27.8 Å².